The van der Waals surface area contributed by atoms with Crippen LogP contribution in [0.5, 0.6) is 11.5 Å². The summed E-state index contributed by atoms with van der Waals surface area (Å²) in [5.74, 6) is 0.943. The van der Waals surface area contributed by atoms with E-state index >= 15 is 0 Å². The van der Waals surface area contributed by atoms with E-state index in [4.69, 9.17) is 21.1 Å². The first-order valence-electron chi connectivity index (χ1n) is 11.0. The molecular weight excluding hydrogens is 480 g/mol. The summed E-state index contributed by atoms with van der Waals surface area (Å²) >= 11 is 7.32. The molecule has 0 radical (unpaired) electrons. The second kappa shape index (κ2) is 11.2. The van der Waals surface area contributed by atoms with Gasteiger partial charge >= 0.3 is 0 Å². The highest BCUT2D eigenvalue weighted by molar-refractivity contribution is 7.14. The zero-order valence-corrected chi connectivity index (χ0v) is 21.2. The van der Waals surface area contributed by atoms with Crippen molar-refractivity contribution in [3.05, 3.63) is 99.4 Å². The molecule has 0 aliphatic rings. The molecule has 0 bridgehead atoms. The molecule has 4 aromatic rings. The Morgan fingerprint density at radius 2 is 1.83 bits per heavy atom. The molecule has 0 saturated carbocycles. The van der Waals surface area contributed by atoms with E-state index in [1.165, 1.54) is 28.5 Å². The number of carbonyl (C=O) groups excluding carboxylic acids is 1. The van der Waals surface area contributed by atoms with Crippen LogP contribution in [0.25, 0.3) is 17.3 Å². The minimum atomic E-state index is -0.256. The summed E-state index contributed by atoms with van der Waals surface area (Å²) in [5.41, 5.74) is 6.13. The highest BCUT2D eigenvalue weighted by atomic mass is 35.5. The van der Waals surface area contributed by atoms with Crippen molar-refractivity contribution in [3.8, 4) is 22.8 Å². The van der Waals surface area contributed by atoms with Crippen LogP contribution in [0.2, 0.25) is 5.02 Å². The van der Waals surface area contributed by atoms with Crippen molar-refractivity contribution in [1.82, 2.24) is 4.98 Å². The Morgan fingerprint density at radius 3 is 2.57 bits per heavy atom. The van der Waals surface area contributed by atoms with E-state index in [-0.39, 0.29) is 5.91 Å². The maximum Gasteiger partial charge on any atom is 0.250 e. The summed E-state index contributed by atoms with van der Waals surface area (Å²) in [6.07, 6.45) is 3.19. The van der Waals surface area contributed by atoms with Gasteiger partial charge in [0.05, 0.1) is 12.8 Å². The average Bonchev–Trinajstić information content (AvgIpc) is 3.32. The maximum absolute atomic E-state index is 12.4. The SMILES string of the molecule is COc1cc(C=CC(=O)Nc2nc(-c3ccc(C)c(C)c3)cs2)ccc1OCc1ccc(Cl)cc1. The summed E-state index contributed by atoms with van der Waals surface area (Å²) in [4.78, 5) is 17.0. The first-order chi connectivity index (χ1) is 16.9. The van der Waals surface area contributed by atoms with Crippen LogP contribution in [0.1, 0.15) is 22.3 Å². The quantitative estimate of drug-likeness (QED) is 0.255. The standard InChI is InChI=1S/C28H25ClN2O3S/c1-18-4-9-22(14-19(18)2)24-17-35-28(30-24)31-27(32)13-8-20-7-12-25(26(15-20)33-3)34-16-21-5-10-23(29)11-6-21/h4-15,17H,16H2,1-3H3,(H,30,31,32). The number of nitrogens with one attached hydrogen (secondary N) is 1. The molecule has 1 heterocycles. The van der Waals surface area contributed by atoms with Gasteiger partial charge in [-0.05, 0) is 72.5 Å². The van der Waals surface area contributed by atoms with Gasteiger partial charge in [0.2, 0.25) is 5.91 Å². The van der Waals surface area contributed by atoms with Crippen LogP contribution >= 0.6 is 22.9 Å². The van der Waals surface area contributed by atoms with Gasteiger partial charge in [0.15, 0.2) is 16.6 Å². The van der Waals surface area contributed by atoms with Crippen molar-refractivity contribution in [2.24, 2.45) is 0 Å². The summed E-state index contributed by atoms with van der Waals surface area (Å²) < 4.78 is 11.4. The summed E-state index contributed by atoms with van der Waals surface area (Å²) in [6, 6.07) is 19.2. The predicted octanol–water partition coefficient (Wildman–Crippen LogP) is 7.32. The van der Waals surface area contributed by atoms with E-state index < -0.39 is 0 Å². The Bertz CT molecular complexity index is 1360. The van der Waals surface area contributed by atoms with Crippen molar-refractivity contribution in [1.29, 1.82) is 0 Å². The zero-order valence-electron chi connectivity index (χ0n) is 19.7. The topological polar surface area (TPSA) is 60.5 Å². The predicted molar refractivity (Wildman–Crippen MR) is 143 cm³/mol. The number of rotatable bonds is 8. The normalized spacial score (nSPS) is 11.0. The van der Waals surface area contributed by atoms with Crippen LogP contribution in [-0.4, -0.2) is 18.0 Å². The van der Waals surface area contributed by atoms with Gasteiger partial charge in [-0.3, -0.25) is 10.1 Å². The third kappa shape index (κ3) is 6.50. The lowest BCUT2D eigenvalue weighted by molar-refractivity contribution is -0.111. The molecule has 0 atom stereocenters. The van der Waals surface area contributed by atoms with E-state index in [9.17, 15) is 4.79 Å². The van der Waals surface area contributed by atoms with Crippen LogP contribution in [0.3, 0.4) is 0 Å². The molecule has 1 N–H and O–H groups in total. The van der Waals surface area contributed by atoms with Crippen LogP contribution in [0.15, 0.2) is 72.1 Å². The minimum Gasteiger partial charge on any atom is -0.493 e. The van der Waals surface area contributed by atoms with E-state index in [2.05, 4.69) is 36.3 Å². The second-order valence-electron chi connectivity index (χ2n) is 7.98. The van der Waals surface area contributed by atoms with Crippen LogP contribution in [-0.2, 0) is 11.4 Å². The third-order valence-electron chi connectivity index (χ3n) is 5.46. The number of thiazole rings is 1. The molecule has 0 fully saturated rings. The fraction of sp³-hybridized carbons (Fsp3) is 0.143. The van der Waals surface area contributed by atoms with Crippen molar-refractivity contribution < 1.29 is 14.3 Å². The molecule has 0 aliphatic carbocycles. The molecule has 35 heavy (non-hydrogen) atoms. The van der Waals surface area contributed by atoms with Crippen LogP contribution in [0, 0.1) is 13.8 Å². The molecule has 3 aromatic carbocycles. The first kappa shape index (κ1) is 24.5. The summed E-state index contributed by atoms with van der Waals surface area (Å²) in [5, 5.41) is 6.00. The number of carbonyl (C=O) groups is 1. The van der Waals surface area contributed by atoms with Gasteiger partial charge in [0.1, 0.15) is 6.61 Å². The molecule has 0 spiro atoms. The third-order valence-corrected chi connectivity index (χ3v) is 6.47. The van der Waals surface area contributed by atoms with Gasteiger partial charge < -0.3 is 9.47 Å². The average molecular weight is 505 g/mol. The van der Waals surface area contributed by atoms with E-state index in [1.54, 1.807) is 13.2 Å². The number of ether oxygens (including phenoxy) is 2. The van der Waals surface area contributed by atoms with Crippen molar-refractivity contribution in [2.75, 3.05) is 12.4 Å². The highest BCUT2D eigenvalue weighted by Crippen LogP contribution is 2.30. The number of hydrogen-bond acceptors (Lipinski definition) is 5. The minimum absolute atomic E-state index is 0.256. The molecule has 0 unspecified atom stereocenters. The number of halogens is 1. The monoisotopic (exact) mass is 504 g/mol. The molecule has 1 amide bonds. The number of hydrogen-bond donors (Lipinski definition) is 1. The van der Waals surface area contributed by atoms with Crippen LogP contribution < -0.4 is 14.8 Å². The molecule has 178 valence electrons. The first-order valence-corrected chi connectivity index (χ1v) is 12.2. The second-order valence-corrected chi connectivity index (χ2v) is 9.28. The van der Waals surface area contributed by atoms with Gasteiger partial charge in [-0.15, -0.1) is 11.3 Å². The van der Waals surface area contributed by atoms with Gasteiger partial charge in [-0.25, -0.2) is 4.98 Å². The number of methoxy groups -OCH3 is 1. The molecule has 7 heteroatoms. The maximum atomic E-state index is 12.4. The van der Waals surface area contributed by atoms with Gasteiger partial charge in [0.25, 0.3) is 0 Å². The molecule has 1 aromatic heterocycles. The lowest BCUT2D eigenvalue weighted by atomic mass is 10.1. The Balaban J connectivity index is 1.37. The van der Waals surface area contributed by atoms with Gasteiger partial charge in [-0.1, -0.05) is 41.9 Å². The molecule has 0 saturated heterocycles. The molecule has 4 rings (SSSR count). The number of anilines is 1. The lowest BCUT2D eigenvalue weighted by Crippen LogP contribution is -2.07. The Labute approximate surface area is 214 Å². The Hall–Kier alpha value is -3.61. The van der Waals surface area contributed by atoms with Crippen molar-refractivity contribution in [2.45, 2.75) is 20.5 Å². The zero-order chi connectivity index (χ0) is 24.8. The Kier molecular flexibility index (Phi) is 7.85. The highest BCUT2D eigenvalue weighted by Gasteiger charge is 2.09. The number of benzene rings is 3. The number of aromatic nitrogens is 1. The van der Waals surface area contributed by atoms with Crippen molar-refractivity contribution >= 4 is 40.1 Å². The van der Waals surface area contributed by atoms with Gasteiger partial charge in [-0.2, -0.15) is 0 Å². The largest absolute Gasteiger partial charge is 0.493 e. The lowest BCUT2D eigenvalue weighted by Gasteiger charge is -2.11. The molecular formula is C28H25ClN2O3S. The smallest absolute Gasteiger partial charge is 0.250 e. The summed E-state index contributed by atoms with van der Waals surface area (Å²) in [6.45, 7) is 4.55. The number of nitrogens with zero attached hydrogens (tertiary/aromatic N) is 1. The summed E-state index contributed by atoms with van der Waals surface area (Å²) in [7, 11) is 1.58. The van der Waals surface area contributed by atoms with Crippen LogP contribution in [0.4, 0.5) is 5.13 Å². The molecule has 0 aliphatic heterocycles. The fourth-order valence-electron chi connectivity index (χ4n) is 3.33. The Morgan fingerprint density at radius 1 is 1.03 bits per heavy atom. The van der Waals surface area contributed by atoms with E-state index in [0.717, 1.165) is 22.4 Å². The fourth-order valence-corrected chi connectivity index (χ4v) is 4.18. The van der Waals surface area contributed by atoms with E-state index in [1.807, 2.05) is 53.9 Å². The molecule has 5 nitrogen and oxygen atoms in total. The van der Waals surface area contributed by atoms with Gasteiger partial charge in [0, 0.05) is 22.0 Å². The van der Waals surface area contributed by atoms with Crippen molar-refractivity contribution in [3.63, 3.8) is 0 Å². The number of aryl methyl sites for hydroxylation is 2. The number of amides is 1. The van der Waals surface area contributed by atoms with E-state index in [0.29, 0.717) is 28.3 Å².